The summed E-state index contributed by atoms with van der Waals surface area (Å²) in [5.74, 6) is -2.61. The van der Waals surface area contributed by atoms with E-state index in [1.54, 1.807) is 0 Å². The molecule has 0 atom stereocenters. The van der Waals surface area contributed by atoms with Gasteiger partial charge in [-0.1, -0.05) is 18.9 Å². The Labute approximate surface area is 104 Å². The summed E-state index contributed by atoms with van der Waals surface area (Å²) in [6.07, 6.45) is 2.36. The molecule has 0 radical (unpaired) electrons. The molecule has 0 amide bonds. The number of aromatic hydroxyl groups is 1. The van der Waals surface area contributed by atoms with Crippen molar-refractivity contribution in [3.8, 4) is 11.5 Å². The summed E-state index contributed by atoms with van der Waals surface area (Å²) in [5, 5.41) is 19.3. The molecule has 1 saturated carbocycles. The molecule has 5 heteroatoms. The van der Waals surface area contributed by atoms with Crippen LogP contribution in [0.4, 0.5) is 4.39 Å². The number of carboxylic acid groups (broad SMARTS) is 1. The van der Waals surface area contributed by atoms with Crippen molar-refractivity contribution in [1.29, 1.82) is 0 Å². The van der Waals surface area contributed by atoms with E-state index in [9.17, 15) is 19.4 Å². The number of ether oxygens (including phenoxy) is 1. The Morgan fingerprint density at radius 3 is 2.50 bits per heavy atom. The van der Waals surface area contributed by atoms with Crippen molar-refractivity contribution in [2.75, 3.05) is 7.11 Å². The summed E-state index contributed by atoms with van der Waals surface area (Å²) in [5.41, 5.74) is -1.03. The van der Waals surface area contributed by atoms with Crippen molar-refractivity contribution >= 4 is 5.97 Å². The zero-order valence-corrected chi connectivity index (χ0v) is 10.1. The minimum absolute atomic E-state index is 0.0882. The number of carboxylic acids is 1. The lowest BCUT2D eigenvalue weighted by Crippen LogP contribution is -2.32. The van der Waals surface area contributed by atoms with Gasteiger partial charge in [0.05, 0.1) is 12.5 Å². The topological polar surface area (TPSA) is 66.8 Å². The van der Waals surface area contributed by atoms with Gasteiger partial charge in [0, 0.05) is 5.56 Å². The van der Waals surface area contributed by atoms with Gasteiger partial charge in [-0.2, -0.15) is 4.39 Å². The van der Waals surface area contributed by atoms with E-state index in [1.807, 2.05) is 0 Å². The van der Waals surface area contributed by atoms with Crippen LogP contribution >= 0.6 is 0 Å². The first kappa shape index (κ1) is 12.7. The number of phenolic OH excluding ortho intramolecular Hbond substituents is 1. The molecule has 0 aliphatic heterocycles. The van der Waals surface area contributed by atoms with Crippen molar-refractivity contribution in [3.05, 3.63) is 23.5 Å². The number of carbonyl (C=O) groups is 1. The molecule has 2 rings (SSSR count). The standard InChI is InChI=1S/C13H15FO4/c1-18-9-5-4-8(11(15)10(9)14)13(12(16)17)6-2-3-7-13/h4-5,15H,2-3,6-7H2,1H3,(H,16,17). The van der Waals surface area contributed by atoms with E-state index in [4.69, 9.17) is 4.74 Å². The molecule has 4 nitrogen and oxygen atoms in total. The summed E-state index contributed by atoms with van der Waals surface area (Å²) in [6, 6.07) is 2.80. The molecule has 1 fully saturated rings. The van der Waals surface area contributed by atoms with E-state index in [2.05, 4.69) is 0 Å². The maximum absolute atomic E-state index is 13.8. The van der Waals surface area contributed by atoms with E-state index in [0.29, 0.717) is 12.8 Å². The first-order valence-corrected chi connectivity index (χ1v) is 5.82. The number of methoxy groups -OCH3 is 1. The number of benzene rings is 1. The minimum atomic E-state index is -1.17. The average Bonchev–Trinajstić information content (AvgIpc) is 2.83. The van der Waals surface area contributed by atoms with Crippen molar-refractivity contribution in [3.63, 3.8) is 0 Å². The van der Waals surface area contributed by atoms with E-state index < -0.39 is 23.0 Å². The molecule has 0 saturated heterocycles. The Bertz CT molecular complexity index is 478. The maximum atomic E-state index is 13.8. The van der Waals surface area contributed by atoms with Crippen molar-refractivity contribution in [2.24, 2.45) is 0 Å². The molecule has 98 valence electrons. The van der Waals surface area contributed by atoms with Gasteiger partial charge in [0.1, 0.15) is 0 Å². The van der Waals surface area contributed by atoms with Gasteiger partial charge in [-0.05, 0) is 18.9 Å². The molecule has 0 spiro atoms. The van der Waals surface area contributed by atoms with Gasteiger partial charge in [-0.25, -0.2) is 0 Å². The summed E-state index contributed by atoms with van der Waals surface area (Å²) in [7, 11) is 1.29. The van der Waals surface area contributed by atoms with Gasteiger partial charge in [0.2, 0.25) is 5.82 Å². The van der Waals surface area contributed by atoms with Gasteiger partial charge in [0.15, 0.2) is 11.5 Å². The fourth-order valence-electron chi connectivity index (χ4n) is 2.67. The van der Waals surface area contributed by atoms with Crippen LogP contribution in [-0.2, 0) is 10.2 Å². The Hall–Kier alpha value is -1.78. The second-order valence-corrected chi connectivity index (χ2v) is 4.57. The molecule has 0 aromatic heterocycles. The fraction of sp³-hybridized carbons (Fsp3) is 0.462. The number of halogens is 1. The van der Waals surface area contributed by atoms with Crippen molar-refractivity contribution in [2.45, 2.75) is 31.1 Å². The quantitative estimate of drug-likeness (QED) is 0.869. The van der Waals surface area contributed by atoms with Crippen LogP contribution in [0.2, 0.25) is 0 Å². The molecule has 1 aliphatic rings. The molecule has 1 aromatic carbocycles. The minimum Gasteiger partial charge on any atom is -0.505 e. The second-order valence-electron chi connectivity index (χ2n) is 4.57. The summed E-state index contributed by atoms with van der Waals surface area (Å²) >= 11 is 0. The lowest BCUT2D eigenvalue weighted by atomic mass is 9.78. The zero-order chi connectivity index (χ0) is 13.3. The maximum Gasteiger partial charge on any atom is 0.314 e. The molecule has 0 unspecified atom stereocenters. The highest BCUT2D eigenvalue weighted by molar-refractivity contribution is 5.83. The molecular formula is C13H15FO4. The van der Waals surface area contributed by atoms with E-state index in [0.717, 1.165) is 12.8 Å². The molecule has 2 N–H and O–H groups in total. The molecule has 1 aromatic rings. The first-order chi connectivity index (χ1) is 8.53. The highest BCUT2D eigenvalue weighted by Crippen LogP contribution is 2.46. The van der Waals surface area contributed by atoms with E-state index in [-0.39, 0.29) is 11.3 Å². The highest BCUT2D eigenvalue weighted by Gasteiger charge is 2.45. The number of hydrogen-bond donors (Lipinski definition) is 2. The van der Waals surface area contributed by atoms with E-state index in [1.165, 1.54) is 19.2 Å². The predicted molar refractivity (Wildman–Crippen MR) is 62.4 cm³/mol. The Morgan fingerprint density at radius 2 is 2.00 bits per heavy atom. The van der Waals surface area contributed by atoms with E-state index >= 15 is 0 Å². The molecule has 0 heterocycles. The van der Waals surface area contributed by atoms with Gasteiger partial charge < -0.3 is 14.9 Å². The largest absolute Gasteiger partial charge is 0.505 e. The molecule has 18 heavy (non-hydrogen) atoms. The van der Waals surface area contributed by atoms with Gasteiger partial charge in [0.25, 0.3) is 0 Å². The summed E-state index contributed by atoms with van der Waals surface area (Å²) < 4.78 is 18.5. The van der Waals surface area contributed by atoms with Crippen LogP contribution in [0.5, 0.6) is 11.5 Å². The number of hydrogen-bond acceptors (Lipinski definition) is 3. The average molecular weight is 254 g/mol. The first-order valence-electron chi connectivity index (χ1n) is 5.82. The smallest absolute Gasteiger partial charge is 0.314 e. The van der Waals surface area contributed by atoms with Crippen LogP contribution in [0.25, 0.3) is 0 Å². The third-order valence-corrected chi connectivity index (χ3v) is 3.68. The van der Waals surface area contributed by atoms with Crippen molar-refractivity contribution in [1.82, 2.24) is 0 Å². The molecular weight excluding hydrogens is 239 g/mol. The van der Waals surface area contributed by atoms with Gasteiger partial charge >= 0.3 is 5.97 Å². The Morgan fingerprint density at radius 1 is 1.39 bits per heavy atom. The van der Waals surface area contributed by atoms with Gasteiger partial charge in [-0.3, -0.25) is 4.79 Å². The Balaban J connectivity index is 2.56. The number of aliphatic carboxylic acids is 1. The SMILES string of the molecule is COc1ccc(C2(C(=O)O)CCCC2)c(O)c1F. The molecule has 0 bridgehead atoms. The number of phenols is 1. The Kier molecular flexibility index (Phi) is 3.15. The van der Waals surface area contributed by atoms with Crippen LogP contribution in [0, 0.1) is 5.82 Å². The fourth-order valence-corrected chi connectivity index (χ4v) is 2.67. The number of rotatable bonds is 3. The van der Waals surface area contributed by atoms with Crippen LogP contribution in [-0.4, -0.2) is 23.3 Å². The lowest BCUT2D eigenvalue weighted by Gasteiger charge is -2.25. The van der Waals surface area contributed by atoms with Crippen LogP contribution in [0.15, 0.2) is 12.1 Å². The highest BCUT2D eigenvalue weighted by atomic mass is 19.1. The summed E-state index contributed by atoms with van der Waals surface area (Å²) in [4.78, 5) is 11.5. The van der Waals surface area contributed by atoms with Crippen LogP contribution in [0.3, 0.4) is 0 Å². The van der Waals surface area contributed by atoms with Gasteiger partial charge in [-0.15, -0.1) is 0 Å². The zero-order valence-electron chi connectivity index (χ0n) is 10.1. The second kappa shape index (κ2) is 4.48. The normalized spacial score (nSPS) is 17.7. The molecule has 1 aliphatic carbocycles. The lowest BCUT2D eigenvalue weighted by molar-refractivity contribution is -0.143. The summed E-state index contributed by atoms with van der Waals surface area (Å²) in [6.45, 7) is 0. The third-order valence-electron chi connectivity index (χ3n) is 3.68. The predicted octanol–water partition coefficient (Wildman–Crippen LogP) is 2.44. The monoisotopic (exact) mass is 254 g/mol. The van der Waals surface area contributed by atoms with Crippen LogP contribution in [0.1, 0.15) is 31.2 Å². The third kappa shape index (κ3) is 1.70. The van der Waals surface area contributed by atoms with Crippen molar-refractivity contribution < 1.29 is 24.1 Å². The van der Waals surface area contributed by atoms with Crippen LogP contribution < -0.4 is 4.74 Å².